The highest BCUT2D eigenvalue weighted by atomic mass is 16.5. The van der Waals surface area contributed by atoms with E-state index in [0.717, 1.165) is 35.6 Å². The van der Waals surface area contributed by atoms with Gasteiger partial charge in [0.2, 0.25) is 0 Å². The van der Waals surface area contributed by atoms with Gasteiger partial charge in [0.25, 0.3) is 0 Å². The average Bonchev–Trinajstić information content (AvgIpc) is 2.49. The number of carbonyl (C=O) groups is 1. The molecule has 0 amide bonds. The third-order valence-corrected chi connectivity index (χ3v) is 3.28. The van der Waals surface area contributed by atoms with Crippen LogP contribution in [0.2, 0.25) is 0 Å². The van der Waals surface area contributed by atoms with Crippen LogP contribution in [0.15, 0.2) is 42.5 Å². The predicted molar refractivity (Wildman–Crippen MR) is 85.8 cm³/mol. The molecule has 2 nitrogen and oxygen atoms in total. The Morgan fingerprint density at radius 2 is 1.95 bits per heavy atom. The number of fused-ring (bicyclic) bond motifs is 1. The van der Waals surface area contributed by atoms with Gasteiger partial charge in [-0.1, -0.05) is 67.6 Å². The summed E-state index contributed by atoms with van der Waals surface area (Å²) >= 11 is 0. The molecule has 0 saturated heterocycles. The van der Waals surface area contributed by atoms with E-state index >= 15 is 0 Å². The first-order chi connectivity index (χ1) is 10.2. The van der Waals surface area contributed by atoms with Gasteiger partial charge in [-0.25, -0.2) is 0 Å². The maximum Gasteiger partial charge on any atom is 0.304 e. The first kappa shape index (κ1) is 15.1. The van der Waals surface area contributed by atoms with Gasteiger partial charge in [-0.2, -0.15) is 0 Å². The lowest BCUT2D eigenvalue weighted by Gasteiger charge is -2.14. The zero-order valence-electron chi connectivity index (χ0n) is 12.6. The Bertz CT molecular complexity index is 671. The van der Waals surface area contributed by atoms with Gasteiger partial charge in [0.1, 0.15) is 0 Å². The Balaban J connectivity index is 2.37. The lowest BCUT2D eigenvalue weighted by atomic mass is 10.0. The van der Waals surface area contributed by atoms with Crippen molar-refractivity contribution in [2.24, 2.45) is 0 Å². The van der Waals surface area contributed by atoms with Crippen molar-refractivity contribution in [3.63, 3.8) is 0 Å². The van der Waals surface area contributed by atoms with Crippen LogP contribution in [0, 0.1) is 11.8 Å². The van der Waals surface area contributed by atoms with Gasteiger partial charge in [0, 0.05) is 18.9 Å². The van der Waals surface area contributed by atoms with Gasteiger partial charge in [-0.3, -0.25) is 4.79 Å². The molecule has 2 heteroatoms. The fourth-order valence-corrected chi connectivity index (χ4v) is 2.25. The molecule has 0 aromatic heterocycles. The van der Waals surface area contributed by atoms with Crippen LogP contribution in [0.3, 0.4) is 0 Å². The normalized spacial score (nSPS) is 11.5. The molecule has 0 aliphatic carbocycles. The molecular formula is C19H20O2. The molecule has 21 heavy (non-hydrogen) atoms. The predicted octanol–water partition coefficient (Wildman–Crippen LogP) is 4.64. The molecule has 0 spiro atoms. The molecule has 0 N–H and O–H groups in total. The summed E-state index contributed by atoms with van der Waals surface area (Å²) in [5.41, 5.74) is 0.951. The minimum Gasteiger partial charge on any atom is -0.444 e. The summed E-state index contributed by atoms with van der Waals surface area (Å²) in [6.07, 6.45) is 2.51. The molecule has 0 radical (unpaired) electrons. The number of rotatable bonds is 4. The lowest BCUT2D eigenvalue weighted by Crippen LogP contribution is -2.07. The van der Waals surface area contributed by atoms with E-state index in [9.17, 15) is 4.79 Å². The van der Waals surface area contributed by atoms with Crippen LogP contribution < -0.4 is 0 Å². The maximum absolute atomic E-state index is 11.4. The van der Waals surface area contributed by atoms with Crippen molar-refractivity contribution in [1.29, 1.82) is 0 Å². The Labute approximate surface area is 126 Å². The van der Waals surface area contributed by atoms with Crippen LogP contribution in [-0.2, 0) is 9.53 Å². The van der Waals surface area contributed by atoms with Gasteiger partial charge in [0.05, 0.1) is 0 Å². The second kappa shape index (κ2) is 7.50. The van der Waals surface area contributed by atoms with Crippen molar-refractivity contribution < 1.29 is 9.53 Å². The third-order valence-electron chi connectivity index (χ3n) is 3.28. The number of benzene rings is 2. The maximum atomic E-state index is 11.4. The van der Waals surface area contributed by atoms with Crippen LogP contribution in [0.25, 0.3) is 10.8 Å². The number of esters is 1. The molecule has 108 valence electrons. The topological polar surface area (TPSA) is 26.3 Å². The molecule has 1 unspecified atom stereocenters. The molecule has 0 heterocycles. The number of hydrogen-bond acceptors (Lipinski definition) is 2. The third kappa shape index (κ3) is 4.10. The molecule has 0 saturated carbocycles. The minimum atomic E-state index is -0.495. The van der Waals surface area contributed by atoms with E-state index in [1.807, 2.05) is 42.5 Å². The zero-order valence-corrected chi connectivity index (χ0v) is 12.6. The van der Waals surface area contributed by atoms with E-state index in [2.05, 4.69) is 18.8 Å². The summed E-state index contributed by atoms with van der Waals surface area (Å²) in [6, 6.07) is 14.1. The van der Waals surface area contributed by atoms with Crippen molar-refractivity contribution in [2.45, 2.75) is 39.2 Å². The van der Waals surface area contributed by atoms with Crippen molar-refractivity contribution in [2.75, 3.05) is 0 Å². The first-order valence-corrected chi connectivity index (χ1v) is 7.35. The molecule has 0 aliphatic heterocycles. The van der Waals surface area contributed by atoms with Gasteiger partial charge in [-0.15, -0.1) is 0 Å². The molecule has 2 aromatic rings. The number of carbonyl (C=O) groups excluding carboxylic acids is 1. The second-order valence-electron chi connectivity index (χ2n) is 4.98. The van der Waals surface area contributed by atoms with Crippen LogP contribution in [-0.4, -0.2) is 5.97 Å². The van der Waals surface area contributed by atoms with Crippen LogP contribution >= 0.6 is 0 Å². The first-order valence-electron chi connectivity index (χ1n) is 7.35. The summed E-state index contributed by atoms with van der Waals surface area (Å²) in [5, 5.41) is 2.21. The van der Waals surface area contributed by atoms with Crippen molar-refractivity contribution in [3.05, 3.63) is 48.0 Å². The SMILES string of the molecule is CCCCC#CC(OC(C)=O)c1cccc2ccccc12. The standard InChI is InChI=1S/C19H20O2/c1-3-4-5-6-14-19(21-15(2)20)18-13-9-11-16-10-7-8-12-17(16)18/h7-13,19H,3-5H2,1-2H3. The molecule has 2 rings (SSSR count). The Morgan fingerprint density at radius 3 is 2.71 bits per heavy atom. The molecule has 0 fully saturated rings. The molecule has 0 aliphatic rings. The number of unbranched alkanes of at least 4 members (excludes halogenated alkanes) is 2. The van der Waals surface area contributed by atoms with E-state index < -0.39 is 6.10 Å². The summed E-state index contributed by atoms with van der Waals surface area (Å²) in [5.74, 6) is 5.92. The fraction of sp³-hybridized carbons (Fsp3) is 0.316. The highest BCUT2D eigenvalue weighted by Crippen LogP contribution is 2.26. The quantitative estimate of drug-likeness (QED) is 0.463. The molecule has 0 bridgehead atoms. The Hall–Kier alpha value is -2.27. The van der Waals surface area contributed by atoms with Crippen LogP contribution in [0.4, 0.5) is 0 Å². The number of ether oxygens (including phenoxy) is 1. The Morgan fingerprint density at radius 1 is 1.19 bits per heavy atom. The monoisotopic (exact) mass is 280 g/mol. The second-order valence-corrected chi connectivity index (χ2v) is 4.98. The van der Waals surface area contributed by atoms with Crippen LogP contribution in [0.5, 0.6) is 0 Å². The van der Waals surface area contributed by atoms with Gasteiger partial charge < -0.3 is 4.74 Å². The van der Waals surface area contributed by atoms with E-state index in [1.54, 1.807) is 0 Å². The van der Waals surface area contributed by atoms with Crippen LogP contribution in [0.1, 0.15) is 44.8 Å². The largest absolute Gasteiger partial charge is 0.444 e. The van der Waals surface area contributed by atoms with E-state index in [0.29, 0.717) is 0 Å². The highest BCUT2D eigenvalue weighted by Gasteiger charge is 2.14. The van der Waals surface area contributed by atoms with Gasteiger partial charge >= 0.3 is 5.97 Å². The lowest BCUT2D eigenvalue weighted by molar-refractivity contribution is -0.144. The summed E-state index contributed by atoms with van der Waals surface area (Å²) < 4.78 is 5.41. The highest BCUT2D eigenvalue weighted by molar-refractivity contribution is 5.86. The van der Waals surface area contributed by atoms with Gasteiger partial charge in [0.15, 0.2) is 6.10 Å². The zero-order chi connectivity index (χ0) is 15.1. The molecule has 1 atom stereocenters. The number of hydrogen-bond donors (Lipinski definition) is 0. The minimum absolute atomic E-state index is 0.308. The van der Waals surface area contributed by atoms with E-state index in [1.165, 1.54) is 6.92 Å². The fourth-order valence-electron chi connectivity index (χ4n) is 2.25. The summed E-state index contributed by atoms with van der Waals surface area (Å²) in [4.78, 5) is 11.4. The summed E-state index contributed by atoms with van der Waals surface area (Å²) in [7, 11) is 0. The van der Waals surface area contributed by atoms with Crippen molar-refractivity contribution in [3.8, 4) is 11.8 Å². The van der Waals surface area contributed by atoms with Crippen molar-refractivity contribution >= 4 is 16.7 Å². The smallest absolute Gasteiger partial charge is 0.304 e. The van der Waals surface area contributed by atoms with Gasteiger partial charge in [-0.05, 0) is 17.2 Å². The average molecular weight is 280 g/mol. The Kier molecular flexibility index (Phi) is 5.40. The van der Waals surface area contributed by atoms with E-state index in [4.69, 9.17) is 4.74 Å². The van der Waals surface area contributed by atoms with Crippen molar-refractivity contribution in [1.82, 2.24) is 0 Å². The molecular weight excluding hydrogens is 260 g/mol. The van der Waals surface area contributed by atoms with E-state index in [-0.39, 0.29) is 5.97 Å². The molecule has 2 aromatic carbocycles. The summed E-state index contributed by atoms with van der Waals surface area (Å²) in [6.45, 7) is 3.56.